The molecule has 1 rings (SSSR count). The van der Waals surface area contributed by atoms with Crippen LogP contribution in [-0.4, -0.2) is 28.5 Å². The van der Waals surface area contributed by atoms with Crippen LogP contribution in [0.5, 0.6) is 0 Å². The van der Waals surface area contributed by atoms with Gasteiger partial charge in [0.1, 0.15) is 10.8 Å². The van der Waals surface area contributed by atoms with Crippen LogP contribution in [0.15, 0.2) is 6.07 Å². The van der Waals surface area contributed by atoms with Crippen LogP contribution < -0.4 is 5.32 Å². The van der Waals surface area contributed by atoms with Crippen molar-refractivity contribution in [3.63, 3.8) is 0 Å². The first-order chi connectivity index (χ1) is 7.41. The van der Waals surface area contributed by atoms with E-state index >= 15 is 0 Å². The maximum atomic E-state index is 11.5. The quantitative estimate of drug-likeness (QED) is 0.775. The van der Waals surface area contributed by atoms with Gasteiger partial charge in [0, 0.05) is 6.54 Å². The fourth-order valence-corrected chi connectivity index (χ4v) is 1.27. The van der Waals surface area contributed by atoms with E-state index in [1.54, 1.807) is 0 Å². The molecule has 0 aliphatic heterocycles. The summed E-state index contributed by atoms with van der Waals surface area (Å²) < 4.78 is 0. The normalized spacial score (nSPS) is 12.2. The maximum Gasteiger partial charge on any atom is 0.308 e. The molecule has 0 saturated carbocycles. The molecule has 0 aromatic carbocycles. The van der Waals surface area contributed by atoms with E-state index in [2.05, 4.69) is 10.3 Å². The summed E-state index contributed by atoms with van der Waals surface area (Å²) >= 11 is 11.3. The molecular weight excluding hydrogens is 255 g/mol. The first-order valence-electron chi connectivity index (χ1n) is 4.46. The molecular formula is C9H10Cl2N2O3. The molecule has 1 atom stereocenters. The SMILES string of the molecule is CC(CNC(=O)c1cc(Cl)c(Cl)[nH]1)C(=O)O. The molecule has 1 unspecified atom stereocenters. The Morgan fingerprint density at radius 2 is 2.19 bits per heavy atom. The van der Waals surface area contributed by atoms with Gasteiger partial charge in [-0.05, 0) is 6.07 Å². The molecule has 0 saturated heterocycles. The monoisotopic (exact) mass is 264 g/mol. The molecule has 0 spiro atoms. The summed E-state index contributed by atoms with van der Waals surface area (Å²) in [6.07, 6.45) is 0. The smallest absolute Gasteiger partial charge is 0.308 e. The number of H-pyrrole nitrogens is 1. The number of carboxylic acid groups (broad SMARTS) is 1. The highest BCUT2D eigenvalue weighted by atomic mass is 35.5. The van der Waals surface area contributed by atoms with Crippen LogP contribution in [0.2, 0.25) is 10.2 Å². The van der Waals surface area contributed by atoms with Crippen molar-refractivity contribution < 1.29 is 14.7 Å². The van der Waals surface area contributed by atoms with Crippen LogP contribution in [0.1, 0.15) is 17.4 Å². The van der Waals surface area contributed by atoms with Gasteiger partial charge < -0.3 is 15.4 Å². The average molecular weight is 265 g/mol. The summed E-state index contributed by atoms with van der Waals surface area (Å²) in [6, 6.07) is 1.38. The van der Waals surface area contributed by atoms with Crippen LogP contribution in [0.3, 0.4) is 0 Å². The Balaban J connectivity index is 2.56. The molecule has 1 heterocycles. The number of carbonyl (C=O) groups is 2. The van der Waals surface area contributed by atoms with Crippen LogP contribution in [0.4, 0.5) is 0 Å². The fraction of sp³-hybridized carbons (Fsp3) is 0.333. The van der Waals surface area contributed by atoms with Crippen LogP contribution in [0, 0.1) is 5.92 Å². The van der Waals surface area contributed by atoms with E-state index in [9.17, 15) is 9.59 Å². The number of aromatic nitrogens is 1. The number of carboxylic acids is 1. The highest BCUT2D eigenvalue weighted by Crippen LogP contribution is 2.21. The Labute approximate surface area is 102 Å². The number of carbonyl (C=O) groups excluding carboxylic acids is 1. The Bertz CT molecular complexity index is 397. The molecule has 0 aliphatic rings. The minimum atomic E-state index is -0.970. The van der Waals surface area contributed by atoms with Crippen molar-refractivity contribution in [1.29, 1.82) is 0 Å². The number of rotatable bonds is 4. The predicted octanol–water partition coefficient (Wildman–Crippen LogP) is 1.77. The second kappa shape index (κ2) is 5.23. The van der Waals surface area contributed by atoms with Crippen LogP contribution in [0.25, 0.3) is 0 Å². The molecule has 1 amide bonds. The zero-order valence-corrected chi connectivity index (χ0v) is 9.89. The van der Waals surface area contributed by atoms with Gasteiger partial charge in [0.25, 0.3) is 5.91 Å². The van der Waals surface area contributed by atoms with Crippen molar-refractivity contribution in [2.45, 2.75) is 6.92 Å². The van der Waals surface area contributed by atoms with Gasteiger partial charge in [0.2, 0.25) is 0 Å². The molecule has 0 radical (unpaired) electrons. The number of aliphatic carboxylic acids is 1. The molecule has 5 nitrogen and oxygen atoms in total. The van der Waals surface area contributed by atoms with Crippen molar-refractivity contribution in [2.24, 2.45) is 5.92 Å². The Morgan fingerprint density at radius 3 is 2.62 bits per heavy atom. The zero-order chi connectivity index (χ0) is 12.3. The molecule has 0 aliphatic carbocycles. The van der Waals surface area contributed by atoms with E-state index in [-0.39, 0.29) is 22.4 Å². The number of halogens is 2. The highest BCUT2D eigenvalue weighted by molar-refractivity contribution is 6.41. The average Bonchev–Trinajstić information content (AvgIpc) is 2.55. The molecule has 7 heteroatoms. The number of hydrogen-bond acceptors (Lipinski definition) is 2. The lowest BCUT2D eigenvalue weighted by molar-refractivity contribution is -0.140. The lowest BCUT2D eigenvalue weighted by Crippen LogP contribution is -2.31. The molecule has 0 fully saturated rings. The topological polar surface area (TPSA) is 82.2 Å². The second-order valence-corrected chi connectivity index (χ2v) is 4.08. The standard InChI is InChI=1S/C9H10Cl2N2O3/c1-4(9(15)16)3-12-8(14)6-2-5(10)7(11)13-6/h2,4,13H,3H2,1H3,(H,12,14)(H,15,16). The largest absolute Gasteiger partial charge is 0.481 e. The Hall–Kier alpha value is -1.20. The first-order valence-corrected chi connectivity index (χ1v) is 5.22. The van der Waals surface area contributed by atoms with Gasteiger partial charge in [-0.1, -0.05) is 30.1 Å². The fourth-order valence-electron chi connectivity index (χ4n) is 0.955. The molecule has 16 heavy (non-hydrogen) atoms. The van der Waals surface area contributed by atoms with Gasteiger partial charge >= 0.3 is 5.97 Å². The van der Waals surface area contributed by atoms with Gasteiger partial charge in [-0.2, -0.15) is 0 Å². The summed E-state index contributed by atoms with van der Waals surface area (Å²) in [5.41, 5.74) is 0.201. The van der Waals surface area contributed by atoms with Crippen LogP contribution >= 0.6 is 23.2 Å². The lowest BCUT2D eigenvalue weighted by Gasteiger charge is -2.06. The van der Waals surface area contributed by atoms with E-state index in [0.717, 1.165) is 0 Å². The molecule has 1 aromatic rings. The number of aromatic amines is 1. The summed E-state index contributed by atoms with van der Waals surface area (Å²) in [7, 11) is 0. The van der Waals surface area contributed by atoms with E-state index < -0.39 is 17.8 Å². The first kappa shape index (κ1) is 12.9. The third-order valence-electron chi connectivity index (χ3n) is 1.96. The van der Waals surface area contributed by atoms with Gasteiger partial charge in [-0.25, -0.2) is 0 Å². The van der Waals surface area contributed by atoms with Crippen molar-refractivity contribution in [2.75, 3.05) is 6.54 Å². The third-order valence-corrected chi connectivity index (χ3v) is 2.65. The molecule has 88 valence electrons. The van der Waals surface area contributed by atoms with Crippen molar-refractivity contribution in [3.05, 3.63) is 21.9 Å². The van der Waals surface area contributed by atoms with Crippen molar-refractivity contribution in [3.8, 4) is 0 Å². The van der Waals surface area contributed by atoms with E-state index in [1.165, 1.54) is 13.0 Å². The van der Waals surface area contributed by atoms with Gasteiger partial charge in [0.05, 0.1) is 10.9 Å². The molecule has 0 bridgehead atoms. The lowest BCUT2D eigenvalue weighted by atomic mass is 10.2. The van der Waals surface area contributed by atoms with Crippen molar-refractivity contribution >= 4 is 35.1 Å². The van der Waals surface area contributed by atoms with Crippen molar-refractivity contribution in [1.82, 2.24) is 10.3 Å². The Morgan fingerprint density at radius 1 is 1.56 bits per heavy atom. The summed E-state index contributed by atoms with van der Waals surface area (Å²) in [4.78, 5) is 24.6. The van der Waals surface area contributed by atoms with E-state index in [4.69, 9.17) is 28.3 Å². The predicted molar refractivity (Wildman–Crippen MR) is 59.9 cm³/mol. The van der Waals surface area contributed by atoms with Gasteiger partial charge in [-0.3, -0.25) is 9.59 Å². The zero-order valence-electron chi connectivity index (χ0n) is 8.38. The number of nitrogens with one attached hydrogen (secondary N) is 2. The summed E-state index contributed by atoms with van der Waals surface area (Å²) in [5, 5.41) is 11.5. The van der Waals surface area contributed by atoms with E-state index in [1.807, 2.05) is 0 Å². The van der Waals surface area contributed by atoms with Crippen LogP contribution in [-0.2, 0) is 4.79 Å². The minimum Gasteiger partial charge on any atom is -0.481 e. The number of amides is 1. The maximum absolute atomic E-state index is 11.5. The van der Waals surface area contributed by atoms with E-state index in [0.29, 0.717) is 0 Å². The van der Waals surface area contributed by atoms with Gasteiger partial charge in [-0.15, -0.1) is 0 Å². The second-order valence-electron chi connectivity index (χ2n) is 3.29. The molecule has 1 aromatic heterocycles. The summed E-state index contributed by atoms with van der Waals surface area (Å²) in [6.45, 7) is 1.54. The highest BCUT2D eigenvalue weighted by Gasteiger charge is 2.15. The Kier molecular flexibility index (Phi) is 4.20. The molecule has 3 N–H and O–H groups in total. The van der Waals surface area contributed by atoms with Gasteiger partial charge in [0.15, 0.2) is 0 Å². The number of hydrogen-bond donors (Lipinski definition) is 3. The summed E-state index contributed by atoms with van der Waals surface area (Å²) in [5.74, 6) is -2.06. The third kappa shape index (κ3) is 3.15. The minimum absolute atomic E-state index is 0.0441.